The van der Waals surface area contributed by atoms with Gasteiger partial charge in [0.2, 0.25) is 0 Å². The van der Waals surface area contributed by atoms with Crippen molar-refractivity contribution >= 4 is 0 Å². The molecule has 0 amide bonds. The van der Waals surface area contributed by atoms with Gasteiger partial charge in [0.05, 0.1) is 7.11 Å². The van der Waals surface area contributed by atoms with Gasteiger partial charge in [-0.05, 0) is 47.5 Å². The molecule has 0 atom stereocenters. The monoisotopic (exact) mass is 317 g/mol. The van der Waals surface area contributed by atoms with Gasteiger partial charge in [0.25, 0.3) is 0 Å². The predicted molar refractivity (Wildman–Crippen MR) is 100 cm³/mol. The lowest BCUT2D eigenvalue weighted by molar-refractivity contribution is 0.319. The van der Waals surface area contributed by atoms with Crippen molar-refractivity contribution in [2.45, 2.75) is 13.1 Å². The number of benzene rings is 3. The minimum atomic E-state index is 0.887. The highest BCUT2D eigenvalue weighted by Gasteiger charge is 2.04. The van der Waals surface area contributed by atoms with Crippen molar-refractivity contribution in [3.8, 4) is 16.9 Å². The van der Waals surface area contributed by atoms with Crippen LogP contribution in [0.2, 0.25) is 0 Å². The van der Waals surface area contributed by atoms with E-state index < -0.39 is 0 Å². The van der Waals surface area contributed by atoms with Gasteiger partial charge in [0.1, 0.15) is 5.75 Å². The second-order valence-electron chi connectivity index (χ2n) is 6.09. The molecule has 0 saturated carbocycles. The third kappa shape index (κ3) is 4.24. The molecular weight excluding hydrogens is 294 g/mol. The summed E-state index contributed by atoms with van der Waals surface area (Å²) in [6, 6.07) is 27.5. The first-order chi connectivity index (χ1) is 11.7. The lowest BCUT2D eigenvalue weighted by Gasteiger charge is -2.17. The van der Waals surface area contributed by atoms with Gasteiger partial charge in [0, 0.05) is 13.1 Å². The lowest BCUT2D eigenvalue weighted by atomic mass is 10.0. The van der Waals surface area contributed by atoms with Crippen LogP contribution < -0.4 is 4.74 Å². The fourth-order valence-corrected chi connectivity index (χ4v) is 2.90. The van der Waals surface area contributed by atoms with E-state index in [1.807, 2.05) is 12.1 Å². The van der Waals surface area contributed by atoms with Crippen molar-refractivity contribution in [2.24, 2.45) is 0 Å². The molecule has 0 heterocycles. The zero-order chi connectivity index (χ0) is 16.8. The summed E-state index contributed by atoms with van der Waals surface area (Å²) in [4.78, 5) is 2.34. The standard InChI is InChI=1S/C22H23NO/c1-23(16-18-7-4-3-5-8-18)17-19-9-6-10-21(15-19)20-11-13-22(24-2)14-12-20/h3-15H,16-17H2,1-2H3. The molecule has 0 aliphatic heterocycles. The molecule has 0 radical (unpaired) electrons. The molecule has 2 heteroatoms. The van der Waals surface area contributed by atoms with E-state index >= 15 is 0 Å². The van der Waals surface area contributed by atoms with Crippen LogP contribution in [0, 0.1) is 0 Å². The van der Waals surface area contributed by atoms with Gasteiger partial charge in [-0.25, -0.2) is 0 Å². The van der Waals surface area contributed by atoms with E-state index in [0.29, 0.717) is 0 Å². The van der Waals surface area contributed by atoms with E-state index in [-0.39, 0.29) is 0 Å². The minimum Gasteiger partial charge on any atom is -0.497 e. The molecule has 122 valence electrons. The van der Waals surface area contributed by atoms with Gasteiger partial charge in [0.15, 0.2) is 0 Å². The van der Waals surface area contributed by atoms with Crippen LogP contribution in [0.1, 0.15) is 11.1 Å². The van der Waals surface area contributed by atoms with Gasteiger partial charge in [-0.2, -0.15) is 0 Å². The number of hydrogen-bond acceptors (Lipinski definition) is 2. The van der Waals surface area contributed by atoms with Gasteiger partial charge in [-0.15, -0.1) is 0 Å². The molecule has 0 aliphatic carbocycles. The van der Waals surface area contributed by atoms with E-state index in [4.69, 9.17) is 4.74 Å². The predicted octanol–water partition coefficient (Wildman–Crippen LogP) is 4.99. The highest BCUT2D eigenvalue weighted by molar-refractivity contribution is 5.64. The van der Waals surface area contributed by atoms with Crippen molar-refractivity contribution < 1.29 is 4.74 Å². The van der Waals surface area contributed by atoms with Crippen molar-refractivity contribution in [3.63, 3.8) is 0 Å². The fraction of sp³-hybridized carbons (Fsp3) is 0.182. The SMILES string of the molecule is COc1ccc(-c2cccc(CN(C)Cc3ccccc3)c2)cc1. The van der Waals surface area contributed by atoms with E-state index in [1.54, 1.807) is 7.11 Å². The summed E-state index contributed by atoms with van der Waals surface area (Å²) in [7, 11) is 3.85. The maximum Gasteiger partial charge on any atom is 0.118 e. The third-order valence-corrected chi connectivity index (χ3v) is 4.10. The second kappa shape index (κ2) is 7.80. The van der Waals surface area contributed by atoms with E-state index in [1.165, 1.54) is 22.3 Å². The molecule has 3 aromatic rings. The average molecular weight is 317 g/mol. The van der Waals surface area contributed by atoms with Gasteiger partial charge in [-0.1, -0.05) is 60.7 Å². The third-order valence-electron chi connectivity index (χ3n) is 4.10. The van der Waals surface area contributed by atoms with Gasteiger partial charge >= 0.3 is 0 Å². The van der Waals surface area contributed by atoms with Crippen LogP contribution in [-0.2, 0) is 13.1 Å². The Labute approximate surface area is 144 Å². The Kier molecular flexibility index (Phi) is 5.29. The van der Waals surface area contributed by atoms with Gasteiger partial charge < -0.3 is 4.74 Å². The number of nitrogens with zero attached hydrogens (tertiary/aromatic N) is 1. The van der Waals surface area contributed by atoms with Crippen LogP contribution in [0.15, 0.2) is 78.9 Å². The topological polar surface area (TPSA) is 12.5 Å². The van der Waals surface area contributed by atoms with Crippen LogP contribution in [0.3, 0.4) is 0 Å². The first kappa shape index (κ1) is 16.3. The first-order valence-electron chi connectivity index (χ1n) is 8.20. The minimum absolute atomic E-state index is 0.887. The Bertz CT molecular complexity index is 765. The number of ether oxygens (including phenoxy) is 1. The van der Waals surface area contributed by atoms with Crippen LogP contribution >= 0.6 is 0 Å². The van der Waals surface area contributed by atoms with Crippen molar-refractivity contribution in [3.05, 3.63) is 90.0 Å². The fourth-order valence-electron chi connectivity index (χ4n) is 2.90. The zero-order valence-electron chi connectivity index (χ0n) is 14.3. The van der Waals surface area contributed by atoms with E-state index in [9.17, 15) is 0 Å². The number of rotatable bonds is 6. The Morgan fingerprint density at radius 2 is 1.38 bits per heavy atom. The Morgan fingerprint density at radius 3 is 2.08 bits per heavy atom. The molecular formula is C22H23NO. The van der Waals surface area contributed by atoms with Gasteiger partial charge in [-0.3, -0.25) is 4.90 Å². The molecule has 0 saturated heterocycles. The largest absolute Gasteiger partial charge is 0.497 e. The van der Waals surface area contributed by atoms with Crippen LogP contribution in [0.5, 0.6) is 5.75 Å². The molecule has 3 rings (SSSR count). The van der Waals surface area contributed by atoms with Crippen LogP contribution in [-0.4, -0.2) is 19.1 Å². The highest BCUT2D eigenvalue weighted by Crippen LogP contribution is 2.23. The molecule has 3 aromatic carbocycles. The molecule has 0 fully saturated rings. The number of methoxy groups -OCH3 is 1. The summed E-state index contributed by atoms with van der Waals surface area (Å²) in [6.07, 6.45) is 0. The van der Waals surface area contributed by atoms with E-state index in [2.05, 4.69) is 78.7 Å². The molecule has 0 aliphatic rings. The highest BCUT2D eigenvalue weighted by atomic mass is 16.5. The Balaban J connectivity index is 1.70. The maximum atomic E-state index is 5.23. The lowest BCUT2D eigenvalue weighted by Crippen LogP contribution is -2.17. The molecule has 0 unspecified atom stereocenters. The molecule has 24 heavy (non-hydrogen) atoms. The molecule has 0 N–H and O–H groups in total. The summed E-state index contributed by atoms with van der Waals surface area (Å²) in [5.41, 5.74) is 5.11. The normalized spacial score (nSPS) is 10.8. The molecule has 2 nitrogen and oxygen atoms in total. The quantitative estimate of drug-likeness (QED) is 0.635. The summed E-state index contributed by atoms with van der Waals surface area (Å²) in [6.45, 7) is 1.88. The van der Waals surface area contributed by atoms with Crippen molar-refractivity contribution in [2.75, 3.05) is 14.2 Å². The molecule has 0 bridgehead atoms. The molecule has 0 spiro atoms. The van der Waals surface area contributed by atoms with Crippen LogP contribution in [0.25, 0.3) is 11.1 Å². The first-order valence-corrected chi connectivity index (χ1v) is 8.20. The Morgan fingerprint density at radius 1 is 0.708 bits per heavy atom. The average Bonchev–Trinajstić information content (AvgIpc) is 2.63. The molecule has 0 aromatic heterocycles. The summed E-state index contributed by atoms with van der Waals surface area (Å²) in [5, 5.41) is 0. The summed E-state index contributed by atoms with van der Waals surface area (Å²) < 4.78 is 5.23. The number of hydrogen-bond donors (Lipinski definition) is 0. The smallest absolute Gasteiger partial charge is 0.118 e. The second-order valence-corrected chi connectivity index (χ2v) is 6.09. The summed E-state index contributed by atoms with van der Waals surface area (Å²) >= 11 is 0. The van der Waals surface area contributed by atoms with Crippen molar-refractivity contribution in [1.29, 1.82) is 0 Å². The zero-order valence-corrected chi connectivity index (χ0v) is 14.3. The van der Waals surface area contributed by atoms with Crippen LogP contribution in [0.4, 0.5) is 0 Å². The summed E-state index contributed by atoms with van der Waals surface area (Å²) in [5.74, 6) is 0.887. The maximum absolute atomic E-state index is 5.23. The van der Waals surface area contributed by atoms with E-state index in [0.717, 1.165) is 18.8 Å². The Hall–Kier alpha value is -2.58. The van der Waals surface area contributed by atoms with Crippen molar-refractivity contribution in [1.82, 2.24) is 4.90 Å².